The first kappa shape index (κ1) is 13.2. The molecule has 1 aromatic rings. The summed E-state index contributed by atoms with van der Waals surface area (Å²) in [5.74, 6) is 0.00224. The zero-order valence-corrected chi connectivity index (χ0v) is 11.6. The lowest BCUT2D eigenvalue weighted by Crippen LogP contribution is -2.49. The smallest absolute Gasteiger partial charge is 0.330 e. The summed E-state index contributed by atoms with van der Waals surface area (Å²) < 4.78 is 5.12. The molecule has 0 aromatic heterocycles. The van der Waals surface area contributed by atoms with Crippen molar-refractivity contribution in [1.29, 1.82) is 0 Å². The van der Waals surface area contributed by atoms with Gasteiger partial charge in [0, 0.05) is 24.8 Å². The van der Waals surface area contributed by atoms with Crippen molar-refractivity contribution >= 4 is 11.7 Å². The van der Waals surface area contributed by atoms with Crippen molar-refractivity contribution in [2.24, 2.45) is 0 Å². The normalized spacial score (nSPS) is 26.4. The molecule has 0 radical (unpaired) electrons. The number of anilines is 1. The van der Waals surface area contributed by atoms with Crippen LogP contribution in [0, 0.1) is 0 Å². The minimum atomic E-state index is -0.864. The van der Waals surface area contributed by atoms with Gasteiger partial charge in [-0.2, -0.15) is 0 Å². The van der Waals surface area contributed by atoms with E-state index in [1.165, 1.54) is 12.8 Å². The summed E-state index contributed by atoms with van der Waals surface area (Å²) in [5, 5.41) is 12.9. The van der Waals surface area contributed by atoms with Crippen LogP contribution in [0.15, 0.2) is 24.3 Å². The second-order valence-electron chi connectivity index (χ2n) is 5.69. The molecule has 2 N–H and O–H groups in total. The number of rotatable bonds is 5. The van der Waals surface area contributed by atoms with Crippen LogP contribution in [0.4, 0.5) is 5.69 Å². The Morgan fingerprint density at radius 3 is 2.65 bits per heavy atom. The van der Waals surface area contributed by atoms with E-state index in [9.17, 15) is 9.90 Å². The molecule has 0 bridgehead atoms. The van der Waals surface area contributed by atoms with E-state index in [0.29, 0.717) is 19.0 Å². The zero-order chi connectivity index (χ0) is 14.2. The first-order chi connectivity index (χ1) is 9.63. The number of nitrogens with one attached hydrogen (secondary N) is 1. The number of ether oxygens (including phenoxy) is 1. The molecule has 1 atom stereocenters. The first-order valence-corrected chi connectivity index (χ1v) is 7.03. The summed E-state index contributed by atoms with van der Waals surface area (Å²) >= 11 is 0. The van der Waals surface area contributed by atoms with Crippen LogP contribution in [0.3, 0.4) is 0 Å². The Balaban J connectivity index is 1.75. The maximum absolute atomic E-state index is 11.7. The Kier molecular flexibility index (Phi) is 3.30. The second kappa shape index (κ2) is 4.98. The molecule has 0 amide bonds. The number of methoxy groups -OCH3 is 1. The molecule has 1 unspecified atom stereocenters. The summed E-state index contributed by atoms with van der Waals surface area (Å²) in [6.07, 6.45) is 3.06. The van der Waals surface area contributed by atoms with Crippen LogP contribution in [0.2, 0.25) is 0 Å². The zero-order valence-electron chi connectivity index (χ0n) is 11.6. The van der Waals surface area contributed by atoms with Gasteiger partial charge in [0.2, 0.25) is 0 Å². The molecule has 108 valence electrons. The number of likely N-dealkylation sites (tertiary alicyclic amines) is 1. The number of benzene rings is 1. The average molecular weight is 276 g/mol. The molecule has 0 spiro atoms. The van der Waals surface area contributed by atoms with Gasteiger partial charge in [0.05, 0.1) is 7.11 Å². The molecule has 5 heteroatoms. The van der Waals surface area contributed by atoms with Gasteiger partial charge in [-0.25, -0.2) is 4.79 Å². The Morgan fingerprint density at radius 2 is 2.10 bits per heavy atom. The molecule has 1 saturated heterocycles. The maximum atomic E-state index is 11.7. The fourth-order valence-corrected chi connectivity index (χ4v) is 2.87. The summed E-state index contributed by atoms with van der Waals surface area (Å²) in [7, 11) is 1.62. The third-order valence-corrected chi connectivity index (χ3v) is 4.25. The first-order valence-electron chi connectivity index (χ1n) is 7.03. The molecule has 1 aliphatic carbocycles. The number of hydrogen-bond donors (Lipinski definition) is 2. The van der Waals surface area contributed by atoms with Gasteiger partial charge in [-0.15, -0.1) is 0 Å². The highest BCUT2D eigenvalue weighted by molar-refractivity contribution is 5.83. The van der Waals surface area contributed by atoms with E-state index in [1.54, 1.807) is 7.11 Å². The van der Waals surface area contributed by atoms with Gasteiger partial charge >= 0.3 is 5.97 Å². The molecule has 20 heavy (non-hydrogen) atoms. The lowest BCUT2D eigenvalue weighted by Gasteiger charge is -2.27. The van der Waals surface area contributed by atoms with Gasteiger partial charge in [0.1, 0.15) is 11.3 Å². The fraction of sp³-hybridized carbons (Fsp3) is 0.533. The Labute approximate surface area is 118 Å². The maximum Gasteiger partial charge on any atom is 0.330 e. The van der Waals surface area contributed by atoms with Crippen molar-refractivity contribution < 1.29 is 14.6 Å². The second-order valence-corrected chi connectivity index (χ2v) is 5.69. The van der Waals surface area contributed by atoms with E-state index in [4.69, 9.17) is 4.74 Å². The SMILES string of the molecule is COc1ccc(NC2(C(=O)O)CCN(C3CC3)C2)cc1. The van der Waals surface area contributed by atoms with Crippen molar-refractivity contribution in [2.75, 3.05) is 25.5 Å². The number of hydrogen-bond acceptors (Lipinski definition) is 4. The molecular weight excluding hydrogens is 256 g/mol. The molecular formula is C15H20N2O3. The molecule has 2 fully saturated rings. The largest absolute Gasteiger partial charge is 0.497 e. The van der Waals surface area contributed by atoms with Crippen LogP contribution in [-0.2, 0) is 4.79 Å². The number of nitrogens with zero attached hydrogens (tertiary/aromatic N) is 1. The average Bonchev–Trinajstić information content (AvgIpc) is 3.21. The monoisotopic (exact) mass is 276 g/mol. The topological polar surface area (TPSA) is 61.8 Å². The van der Waals surface area contributed by atoms with Crippen molar-refractivity contribution in [3.05, 3.63) is 24.3 Å². The molecule has 5 nitrogen and oxygen atoms in total. The van der Waals surface area contributed by atoms with Crippen molar-refractivity contribution in [2.45, 2.75) is 30.8 Å². The molecule has 1 aliphatic heterocycles. The Morgan fingerprint density at radius 1 is 1.40 bits per heavy atom. The highest BCUT2D eigenvalue weighted by Crippen LogP contribution is 2.35. The number of carboxylic acid groups (broad SMARTS) is 1. The summed E-state index contributed by atoms with van der Waals surface area (Å²) in [6, 6.07) is 8.01. The van der Waals surface area contributed by atoms with Gasteiger partial charge in [-0.3, -0.25) is 4.90 Å². The van der Waals surface area contributed by atoms with Crippen LogP contribution in [0.25, 0.3) is 0 Å². The van der Waals surface area contributed by atoms with E-state index in [2.05, 4.69) is 10.2 Å². The van der Waals surface area contributed by atoms with Crippen LogP contribution in [0.5, 0.6) is 5.75 Å². The highest BCUT2D eigenvalue weighted by Gasteiger charge is 2.48. The third kappa shape index (κ3) is 2.45. The lowest BCUT2D eigenvalue weighted by atomic mass is 9.98. The minimum absolute atomic E-state index is 0.582. The van der Waals surface area contributed by atoms with Crippen LogP contribution >= 0.6 is 0 Å². The highest BCUT2D eigenvalue weighted by atomic mass is 16.5. The van der Waals surface area contributed by atoms with Gasteiger partial charge < -0.3 is 15.2 Å². The van der Waals surface area contributed by atoms with Crippen LogP contribution in [0.1, 0.15) is 19.3 Å². The lowest BCUT2D eigenvalue weighted by molar-refractivity contribution is -0.141. The van der Waals surface area contributed by atoms with E-state index in [1.807, 2.05) is 24.3 Å². The number of aliphatic carboxylic acids is 1. The van der Waals surface area contributed by atoms with Gasteiger partial charge in [-0.1, -0.05) is 0 Å². The standard InChI is InChI=1S/C15H20N2O3/c1-20-13-6-2-11(3-7-13)16-15(14(18)19)8-9-17(10-15)12-4-5-12/h2-3,6-7,12,16H,4-5,8-10H2,1H3,(H,18,19). The summed E-state index contributed by atoms with van der Waals surface area (Å²) in [6.45, 7) is 1.44. The van der Waals surface area contributed by atoms with Crippen LogP contribution in [-0.4, -0.2) is 47.8 Å². The number of carboxylic acids is 1. The van der Waals surface area contributed by atoms with Crippen molar-refractivity contribution in [1.82, 2.24) is 4.90 Å². The molecule has 1 heterocycles. The predicted octanol–water partition coefficient (Wildman–Crippen LogP) is 1.80. The molecule has 3 rings (SSSR count). The molecule has 1 aromatic carbocycles. The van der Waals surface area contributed by atoms with Gasteiger partial charge in [0.15, 0.2) is 0 Å². The molecule has 1 saturated carbocycles. The van der Waals surface area contributed by atoms with Gasteiger partial charge in [-0.05, 0) is 43.5 Å². The van der Waals surface area contributed by atoms with Crippen molar-refractivity contribution in [3.63, 3.8) is 0 Å². The van der Waals surface area contributed by atoms with Crippen LogP contribution < -0.4 is 10.1 Å². The quantitative estimate of drug-likeness (QED) is 0.858. The minimum Gasteiger partial charge on any atom is -0.497 e. The predicted molar refractivity (Wildman–Crippen MR) is 76.2 cm³/mol. The Bertz CT molecular complexity index is 498. The van der Waals surface area contributed by atoms with Crippen molar-refractivity contribution in [3.8, 4) is 5.75 Å². The molecule has 2 aliphatic rings. The summed E-state index contributed by atoms with van der Waals surface area (Å²) in [4.78, 5) is 14.0. The van der Waals surface area contributed by atoms with E-state index in [-0.39, 0.29) is 0 Å². The van der Waals surface area contributed by atoms with Gasteiger partial charge in [0.25, 0.3) is 0 Å². The van der Waals surface area contributed by atoms with E-state index >= 15 is 0 Å². The fourth-order valence-electron chi connectivity index (χ4n) is 2.87. The summed E-state index contributed by atoms with van der Waals surface area (Å²) in [5.41, 5.74) is -0.0391. The third-order valence-electron chi connectivity index (χ3n) is 4.25. The van der Waals surface area contributed by atoms with E-state index < -0.39 is 11.5 Å². The number of carbonyl (C=O) groups is 1. The Hall–Kier alpha value is -1.75. The van der Waals surface area contributed by atoms with E-state index in [0.717, 1.165) is 18.0 Å².